The van der Waals surface area contributed by atoms with Gasteiger partial charge in [-0.25, -0.2) is 9.59 Å². The van der Waals surface area contributed by atoms with E-state index in [0.717, 1.165) is 63.4 Å². The first-order valence-corrected chi connectivity index (χ1v) is 13.4. The topological polar surface area (TPSA) is 92.7 Å². The molecule has 0 fully saturated rings. The first kappa shape index (κ1) is 34.6. The van der Waals surface area contributed by atoms with Crippen LogP contribution in [0.2, 0.25) is 0 Å². The van der Waals surface area contributed by atoms with E-state index in [0.29, 0.717) is 29.7 Å². The van der Waals surface area contributed by atoms with Gasteiger partial charge in [0.1, 0.15) is 0 Å². The zero-order chi connectivity index (χ0) is 25.9. The average Bonchev–Trinajstić information content (AvgIpc) is 3.16. The summed E-state index contributed by atoms with van der Waals surface area (Å²) in [6.45, 7) is 3.91. The molecule has 6 nitrogen and oxygen atoms in total. The van der Waals surface area contributed by atoms with Gasteiger partial charge in [0.05, 0.1) is 19.3 Å². The van der Waals surface area contributed by atoms with Crippen LogP contribution < -0.4 is 34.7 Å². The van der Waals surface area contributed by atoms with E-state index in [1.165, 1.54) is 39.2 Å². The second-order valence-electron chi connectivity index (χ2n) is 9.28. The van der Waals surface area contributed by atoms with E-state index in [1.54, 1.807) is 6.92 Å². The second-order valence-corrected chi connectivity index (χ2v) is 9.28. The summed E-state index contributed by atoms with van der Waals surface area (Å²) < 4.78 is 10.1. The summed E-state index contributed by atoms with van der Waals surface area (Å²) in [5.41, 5.74) is 2.86. The van der Waals surface area contributed by atoms with Crippen molar-refractivity contribution in [1.82, 2.24) is 0 Å². The summed E-state index contributed by atoms with van der Waals surface area (Å²) in [5.74, 6) is -1.64. The molecule has 198 valence electrons. The van der Waals surface area contributed by atoms with Crippen molar-refractivity contribution in [2.75, 3.05) is 13.7 Å². The molecule has 0 atom stereocenters. The second kappa shape index (κ2) is 21.7. The fraction of sp³-hybridized carbons (Fsp3) is 0.690. The third kappa shape index (κ3) is 14.4. The number of esters is 2. The van der Waals surface area contributed by atoms with Gasteiger partial charge in [-0.15, -0.1) is 0 Å². The maximum atomic E-state index is 12.3. The molecule has 0 aromatic heterocycles. The Bertz CT molecular complexity index is 766. The van der Waals surface area contributed by atoms with E-state index in [-0.39, 0.29) is 47.9 Å². The summed E-state index contributed by atoms with van der Waals surface area (Å²) in [7, 11) is 1.38. The Labute approximate surface area is 240 Å². The third-order valence-corrected chi connectivity index (χ3v) is 6.50. The average molecular weight is 513 g/mol. The van der Waals surface area contributed by atoms with E-state index in [9.17, 15) is 19.5 Å². The monoisotopic (exact) mass is 512 g/mol. The molecular formula is C29H45NaO6. The van der Waals surface area contributed by atoms with Gasteiger partial charge in [0, 0.05) is 18.0 Å². The number of hydrogen-bond donors (Lipinski definition) is 0. The number of allylic oxidation sites excluding steroid dienone is 3. The predicted molar refractivity (Wildman–Crippen MR) is 136 cm³/mol. The molecule has 0 spiro atoms. The molecule has 0 N–H and O–H groups in total. The molecule has 1 aliphatic rings. The molecular weight excluding hydrogens is 467 g/mol. The molecule has 0 heterocycles. The third-order valence-electron chi connectivity index (χ3n) is 6.50. The predicted octanol–water partition coefficient (Wildman–Crippen LogP) is 2.90. The van der Waals surface area contributed by atoms with Crippen LogP contribution in [-0.4, -0.2) is 31.6 Å². The van der Waals surface area contributed by atoms with Crippen LogP contribution in [-0.2, 0) is 23.9 Å². The Hall–Kier alpha value is -1.37. The molecule has 36 heavy (non-hydrogen) atoms. The maximum Gasteiger partial charge on any atom is 1.00 e. The summed E-state index contributed by atoms with van der Waals surface area (Å²) in [5, 5.41) is 10.3. The van der Waals surface area contributed by atoms with Gasteiger partial charge in [0.2, 0.25) is 0 Å². The van der Waals surface area contributed by atoms with Gasteiger partial charge in [-0.1, -0.05) is 62.7 Å². The number of carbonyl (C=O) groups excluding carboxylic acids is 3. The van der Waals surface area contributed by atoms with E-state index < -0.39 is 5.97 Å². The molecule has 7 heteroatoms. The number of aliphatic carboxylic acids is 1. The Kier molecular flexibility index (Phi) is 20.9. The van der Waals surface area contributed by atoms with Crippen LogP contribution in [0.25, 0.3) is 0 Å². The quantitative estimate of drug-likeness (QED) is 0.108. The molecule has 0 aromatic carbocycles. The van der Waals surface area contributed by atoms with Gasteiger partial charge in [0.15, 0.2) is 0 Å². The fourth-order valence-electron chi connectivity index (χ4n) is 4.51. The molecule has 0 saturated carbocycles. The number of carboxylic acid groups (broad SMARTS) is 1. The van der Waals surface area contributed by atoms with Crippen molar-refractivity contribution in [3.05, 3.63) is 34.4 Å². The molecule has 0 unspecified atom stereocenters. The first-order chi connectivity index (χ1) is 16.9. The van der Waals surface area contributed by atoms with Crippen LogP contribution in [0.1, 0.15) is 117 Å². The van der Waals surface area contributed by atoms with Crippen molar-refractivity contribution in [3.63, 3.8) is 0 Å². The minimum Gasteiger partial charge on any atom is -0.550 e. The van der Waals surface area contributed by atoms with E-state index in [1.807, 2.05) is 6.92 Å². The standard InChI is InChI=1S/C29H46O6.Na/c1-4-35-28(32)25-22-24(27(23(25)2)29(33)34-3)20-18-16-14-12-10-8-6-5-7-9-11-13-15-17-19-21-26(30)31;/h5,7H,4,6,8-22H2,1-3H3,(H,30,31);/q;+1/p-1/b7-5-;. The van der Waals surface area contributed by atoms with Gasteiger partial charge in [-0.3, -0.25) is 0 Å². The molecule has 0 bridgehead atoms. The van der Waals surface area contributed by atoms with Crippen LogP contribution in [0.5, 0.6) is 0 Å². The number of ether oxygens (including phenoxy) is 2. The van der Waals surface area contributed by atoms with Gasteiger partial charge in [-0.05, 0) is 70.8 Å². The minimum atomic E-state index is -0.942. The van der Waals surface area contributed by atoms with Crippen molar-refractivity contribution in [3.8, 4) is 0 Å². The molecule has 1 aliphatic carbocycles. The molecule has 0 amide bonds. The molecule has 0 saturated heterocycles. The van der Waals surface area contributed by atoms with Gasteiger partial charge >= 0.3 is 41.5 Å². The van der Waals surface area contributed by atoms with Crippen molar-refractivity contribution in [1.29, 1.82) is 0 Å². The normalized spacial score (nSPS) is 13.3. The van der Waals surface area contributed by atoms with Gasteiger partial charge in [0.25, 0.3) is 0 Å². The van der Waals surface area contributed by atoms with Crippen LogP contribution >= 0.6 is 0 Å². The summed E-state index contributed by atoms with van der Waals surface area (Å²) >= 11 is 0. The fourth-order valence-corrected chi connectivity index (χ4v) is 4.51. The molecule has 1 rings (SSSR count). The summed E-state index contributed by atoms with van der Waals surface area (Å²) in [6.07, 6.45) is 20.4. The zero-order valence-corrected chi connectivity index (χ0v) is 25.1. The number of carbonyl (C=O) groups is 3. The van der Waals surface area contributed by atoms with Crippen molar-refractivity contribution in [2.45, 2.75) is 117 Å². The molecule has 0 aliphatic heterocycles. The van der Waals surface area contributed by atoms with E-state index in [4.69, 9.17) is 9.47 Å². The molecule has 0 radical (unpaired) electrons. The van der Waals surface area contributed by atoms with E-state index in [2.05, 4.69) is 12.2 Å². The van der Waals surface area contributed by atoms with E-state index >= 15 is 0 Å². The molecule has 0 aromatic rings. The van der Waals surface area contributed by atoms with Crippen molar-refractivity contribution in [2.24, 2.45) is 0 Å². The van der Waals surface area contributed by atoms with Crippen LogP contribution in [0.3, 0.4) is 0 Å². The Morgan fingerprint density at radius 3 is 1.89 bits per heavy atom. The van der Waals surface area contributed by atoms with Crippen LogP contribution in [0, 0.1) is 0 Å². The summed E-state index contributed by atoms with van der Waals surface area (Å²) in [6, 6.07) is 0. The number of unbranched alkanes of at least 4 members (excludes halogenated alkanes) is 11. The zero-order valence-electron chi connectivity index (χ0n) is 23.1. The summed E-state index contributed by atoms with van der Waals surface area (Å²) in [4.78, 5) is 34.8. The Balaban J connectivity index is 0.0000122. The number of rotatable bonds is 20. The smallest absolute Gasteiger partial charge is 0.550 e. The minimum absolute atomic E-state index is 0. The Morgan fingerprint density at radius 1 is 0.833 bits per heavy atom. The van der Waals surface area contributed by atoms with Crippen LogP contribution in [0.15, 0.2) is 34.4 Å². The van der Waals surface area contributed by atoms with Crippen molar-refractivity contribution >= 4 is 17.9 Å². The SMILES string of the molecule is CCOC(=O)C1=C(C)C(C(=O)OC)=C(CCCCCCCC/C=C\CCCCCCCC(=O)[O-])C1.[Na+]. The number of hydrogen-bond acceptors (Lipinski definition) is 6. The number of carboxylic acids is 1. The van der Waals surface area contributed by atoms with Gasteiger partial charge < -0.3 is 19.4 Å². The number of methoxy groups -OCH3 is 1. The largest absolute Gasteiger partial charge is 1.00 e. The van der Waals surface area contributed by atoms with Crippen LogP contribution in [0.4, 0.5) is 0 Å². The van der Waals surface area contributed by atoms with Gasteiger partial charge in [-0.2, -0.15) is 0 Å². The maximum absolute atomic E-state index is 12.3. The Morgan fingerprint density at radius 2 is 1.36 bits per heavy atom. The first-order valence-electron chi connectivity index (χ1n) is 13.4. The van der Waals surface area contributed by atoms with Crippen molar-refractivity contribution < 1.29 is 58.5 Å².